The highest BCUT2D eigenvalue weighted by molar-refractivity contribution is 9.10. The topological polar surface area (TPSA) is 31.2 Å². The molecule has 4 heteroatoms. The fourth-order valence-corrected chi connectivity index (χ4v) is 2.31. The van der Waals surface area contributed by atoms with Gasteiger partial charge in [-0.2, -0.15) is 0 Å². The number of rotatable bonds is 2. The fourth-order valence-electron chi connectivity index (χ4n) is 1.77. The van der Waals surface area contributed by atoms with Crippen LogP contribution in [0.3, 0.4) is 0 Å². The average molecular weight is 294 g/mol. The van der Waals surface area contributed by atoms with Gasteiger partial charge in [0.1, 0.15) is 0 Å². The Bertz CT molecular complexity index is 599. The van der Waals surface area contributed by atoms with Crippen molar-refractivity contribution in [1.82, 2.24) is 4.57 Å². The Kier molecular flexibility index (Phi) is 3.33. The lowest BCUT2D eigenvalue weighted by molar-refractivity contribution is -0.134. The van der Waals surface area contributed by atoms with E-state index in [1.165, 1.54) is 13.2 Å². The van der Waals surface area contributed by atoms with E-state index in [1.54, 1.807) is 6.08 Å². The quantitative estimate of drug-likeness (QED) is 0.629. The number of ether oxygens (including phenoxy) is 1. The predicted octanol–water partition coefficient (Wildman–Crippen LogP) is 3.13. The summed E-state index contributed by atoms with van der Waals surface area (Å²) in [5.74, 6) is -0.357. The van der Waals surface area contributed by atoms with Gasteiger partial charge in [0.15, 0.2) is 0 Å². The molecule has 0 amide bonds. The molecule has 1 heterocycles. The van der Waals surface area contributed by atoms with E-state index in [0.717, 1.165) is 21.1 Å². The van der Waals surface area contributed by atoms with Gasteiger partial charge in [0.2, 0.25) is 0 Å². The van der Waals surface area contributed by atoms with Crippen molar-refractivity contribution in [2.45, 2.75) is 0 Å². The van der Waals surface area contributed by atoms with E-state index in [1.807, 2.05) is 35.9 Å². The van der Waals surface area contributed by atoms with Crippen molar-refractivity contribution < 1.29 is 9.53 Å². The molecule has 17 heavy (non-hydrogen) atoms. The largest absolute Gasteiger partial charge is 0.466 e. The van der Waals surface area contributed by atoms with Crippen LogP contribution < -0.4 is 0 Å². The number of aromatic nitrogens is 1. The van der Waals surface area contributed by atoms with Gasteiger partial charge in [0.25, 0.3) is 0 Å². The molecule has 0 aliphatic carbocycles. The molecule has 0 unspecified atom stereocenters. The van der Waals surface area contributed by atoms with Gasteiger partial charge < -0.3 is 9.30 Å². The van der Waals surface area contributed by atoms with E-state index in [9.17, 15) is 4.79 Å². The Balaban J connectivity index is 2.57. The molecule has 88 valence electrons. The van der Waals surface area contributed by atoms with Crippen molar-refractivity contribution in [3.63, 3.8) is 0 Å². The number of carbonyl (C=O) groups excluding carboxylic acids is 1. The second-order valence-electron chi connectivity index (χ2n) is 3.64. The molecular weight excluding hydrogens is 282 g/mol. The summed E-state index contributed by atoms with van der Waals surface area (Å²) in [5.41, 5.74) is 2.09. The van der Waals surface area contributed by atoms with E-state index in [0.29, 0.717) is 0 Å². The van der Waals surface area contributed by atoms with Crippen molar-refractivity contribution in [2.75, 3.05) is 7.11 Å². The second-order valence-corrected chi connectivity index (χ2v) is 4.39. The normalized spacial score (nSPS) is 11.2. The third-order valence-electron chi connectivity index (χ3n) is 2.66. The summed E-state index contributed by atoms with van der Waals surface area (Å²) in [5, 5.41) is 1.10. The number of fused-ring (bicyclic) bond motifs is 1. The van der Waals surface area contributed by atoms with Gasteiger partial charge >= 0.3 is 5.97 Å². The lowest BCUT2D eigenvalue weighted by Crippen LogP contribution is -1.93. The van der Waals surface area contributed by atoms with Crippen LogP contribution in [0, 0.1) is 0 Å². The molecule has 2 rings (SSSR count). The number of halogens is 1. The van der Waals surface area contributed by atoms with Crippen LogP contribution in [0.25, 0.3) is 17.0 Å². The number of esters is 1. The maximum atomic E-state index is 11.1. The molecule has 0 atom stereocenters. The van der Waals surface area contributed by atoms with Gasteiger partial charge in [-0.25, -0.2) is 4.79 Å². The molecule has 1 aromatic carbocycles. The first-order chi connectivity index (χ1) is 8.15. The minimum atomic E-state index is -0.357. The lowest BCUT2D eigenvalue weighted by atomic mass is 10.1. The van der Waals surface area contributed by atoms with E-state index in [4.69, 9.17) is 0 Å². The Morgan fingerprint density at radius 2 is 2.12 bits per heavy atom. The molecule has 0 fully saturated rings. The molecule has 0 aliphatic rings. The number of aryl methyl sites for hydroxylation is 1. The van der Waals surface area contributed by atoms with Crippen LogP contribution >= 0.6 is 15.9 Å². The zero-order valence-corrected chi connectivity index (χ0v) is 11.2. The summed E-state index contributed by atoms with van der Waals surface area (Å²) in [7, 11) is 3.34. The summed E-state index contributed by atoms with van der Waals surface area (Å²) in [6, 6.07) is 8.03. The molecule has 0 aliphatic heterocycles. The van der Waals surface area contributed by atoms with Gasteiger partial charge in [-0.1, -0.05) is 18.2 Å². The van der Waals surface area contributed by atoms with Crippen LogP contribution in [-0.2, 0) is 16.6 Å². The van der Waals surface area contributed by atoms with E-state index >= 15 is 0 Å². The first-order valence-corrected chi connectivity index (χ1v) is 5.93. The molecule has 0 saturated heterocycles. The number of benzene rings is 1. The van der Waals surface area contributed by atoms with Gasteiger partial charge in [0, 0.05) is 29.6 Å². The van der Waals surface area contributed by atoms with E-state index in [-0.39, 0.29) is 5.97 Å². The highest BCUT2D eigenvalue weighted by atomic mass is 79.9. The van der Waals surface area contributed by atoms with E-state index in [2.05, 4.69) is 20.7 Å². The lowest BCUT2D eigenvalue weighted by Gasteiger charge is -1.95. The van der Waals surface area contributed by atoms with Crippen LogP contribution in [0.4, 0.5) is 0 Å². The van der Waals surface area contributed by atoms with Crippen molar-refractivity contribution in [2.24, 2.45) is 7.05 Å². The van der Waals surface area contributed by atoms with Crippen molar-refractivity contribution in [3.8, 4) is 0 Å². The second kappa shape index (κ2) is 4.75. The number of para-hydroxylation sites is 1. The maximum Gasteiger partial charge on any atom is 0.330 e. The minimum Gasteiger partial charge on any atom is -0.466 e. The first-order valence-electron chi connectivity index (χ1n) is 5.14. The SMILES string of the molecule is COC(=O)/C=C/c1c(Br)n(C)c2ccccc12. The van der Waals surface area contributed by atoms with Crippen molar-refractivity contribution in [3.05, 3.63) is 40.5 Å². The smallest absolute Gasteiger partial charge is 0.330 e. The Morgan fingerprint density at radius 3 is 2.82 bits per heavy atom. The Labute approximate surface area is 108 Å². The Hall–Kier alpha value is -1.55. The number of nitrogens with zero attached hydrogens (tertiary/aromatic N) is 1. The third kappa shape index (κ3) is 2.13. The molecule has 0 bridgehead atoms. The summed E-state index contributed by atoms with van der Waals surface area (Å²) < 4.78 is 7.56. The average Bonchev–Trinajstić information content (AvgIpc) is 2.60. The van der Waals surface area contributed by atoms with Crippen molar-refractivity contribution in [1.29, 1.82) is 0 Å². The number of hydrogen-bond acceptors (Lipinski definition) is 2. The third-order valence-corrected chi connectivity index (χ3v) is 3.62. The van der Waals surface area contributed by atoms with Gasteiger partial charge in [0.05, 0.1) is 11.7 Å². The Morgan fingerprint density at radius 1 is 1.41 bits per heavy atom. The zero-order chi connectivity index (χ0) is 12.4. The first kappa shape index (κ1) is 11.9. The van der Waals surface area contributed by atoms with Gasteiger partial charge in [-0.15, -0.1) is 0 Å². The monoisotopic (exact) mass is 293 g/mol. The molecule has 0 N–H and O–H groups in total. The van der Waals surface area contributed by atoms with Gasteiger partial charge in [-0.05, 0) is 28.1 Å². The molecule has 3 nitrogen and oxygen atoms in total. The highest BCUT2D eigenvalue weighted by Gasteiger charge is 2.10. The van der Waals surface area contributed by atoms with Crippen LogP contribution in [0.1, 0.15) is 5.56 Å². The standard InChI is InChI=1S/C13H12BrNO2/c1-15-11-6-4-3-5-9(11)10(13(15)14)7-8-12(16)17-2/h3-8H,1-2H3/b8-7+. The fraction of sp³-hybridized carbons (Fsp3) is 0.154. The molecular formula is C13H12BrNO2. The summed E-state index contributed by atoms with van der Waals surface area (Å²) in [4.78, 5) is 11.1. The molecule has 0 saturated carbocycles. The summed E-state index contributed by atoms with van der Waals surface area (Å²) in [6.07, 6.45) is 3.19. The minimum absolute atomic E-state index is 0.357. The maximum absolute atomic E-state index is 11.1. The van der Waals surface area contributed by atoms with Gasteiger partial charge in [-0.3, -0.25) is 0 Å². The number of methoxy groups -OCH3 is 1. The molecule has 1 aromatic heterocycles. The molecule has 0 spiro atoms. The molecule has 2 aromatic rings. The number of hydrogen-bond donors (Lipinski definition) is 0. The van der Waals surface area contributed by atoms with Crippen molar-refractivity contribution >= 4 is 38.9 Å². The number of carbonyl (C=O) groups is 1. The van der Waals surface area contributed by atoms with Crippen LogP contribution in [0.2, 0.25) is 0 Å². The zero-order valence-electron chi connectivity index (χ0n) is 9.61. The van der Waals surface area contributed by atoms with Crippen LogP contribution in [0.5, 0.6) is 0 Å². The predicted molar refractivity (Wildman–Crippen MR) is 71.7 cm³/mol. The molecule has 0 radical (unpaired) electrons. The van der Waals surface area contributed by atoms with Crippen LogP contribution in [0.15, 0.2) is 34.9 Å². The van der Waals surface area contributed by atoms with E-state index < -0.39 is 0 Å². The highest BCUT2D eigenvalue weighted by Crippen LogP contribution is 2.30. The summed E-state index contributed by atoms with van der Waals surface area (Å²) >= 11 is 3.53. The van der Waals surface area contributed by atoms with Crippen LogP contribution in [-0.4, -0.2) is 17.6 Å². The summed E-state index contributed by atoms with van der Waals surface area (Å²) in [6.45, 7) is 0.